The summed E-state index contributed by atoms with van der Waals surface area (Å²) in [7, 11) is 1.58. The second kappa shape index (κ2) is 10.1. The Bertz CT molecular complexity index is 802. The molecule has 2 N–H and O–H groups in total. The van der Waals surface area contributed by atoms with Gasteiger partial charge in [0.25, 0.3) is 0 Å². The lowest BCUT2D eigenvalue weighted by Gasteiger charge is -2.23. The van der Waals surface area contributed by atoms with Crippen LogP contribution in [0, 0.1) is 6.92 Å². The van der Waals surface area contributed by atoms with Crippen LogP contribution in [0.5, 0.6) is 11.5 Å². The molecule has 5 nitrogen and oxygen atoms in total. The normalized spacial score (nSPS) is 11.1. The molecule has 0 radical (unpaired) electrons. The first-order valence-corrected chi connectivity index (χ1v) is 9.83. The van der Waals surface area contributed by atoms with Gasteiger partial charge in [-0.05, 0) is 55.1 Å². The highest BCUT2D eigenvalue weighted by atomic mass is 16.5. The zero-order valence-corrected chi connectivity index (χ0v) is 17.6. The van der Waals surface area contributed by atoms with Crippen LogP contribution in [0.25, 0.3) is 0 Å². The molecule has 0 heterocycles. The average molecular weight is 385 g/mol. The van der Waals surface area contributed by atoms with Crippen LogP contribution < -0.4 is 10.1 Å². The maximum atomic E-state index is 12.6. The van der Waals surface area contributed by atoms with E-state index in [-0.39, 0.29) is 18.2 Å². The molecule has 0 spiro atoms. The van der Waals surface area contributed by atoms with Crippen molar-refractivity contribution >= 4 is 11.6 Å². The molecule has 5 heteroatoms. The zero-order chi connectivity index (χ0) is 20.7. The van der Waals surface area contributed by atoms with Gasteiger partial charge in [0.2, 0.25) is 5.91 Å². The highest BCUT2D eigenvalue weighted by Gasteiger charge is 2.16. The van der Waals surface area contributed by atoms with E-state index in [4.69, 9.17) is 4.74 Å². The van der Waals surface area contributed by atoms with Gasteiger partial charge in [0, 0.05) is 12.1 Å². The summed E-state index contributed by atoms with van der Waals surface area (Å²) in [5.74, 6) is 1.20. The number of aromatic hydroxyl groups is 1. The Hall–Kier alpha value is -2.53. The lowest BCUT2D eigenvalue weighted by Crippen LogP contribution is -2.33. The Labute approximate surface area is 168 Å². The minimum Gasteiger partial charge on any atom is -0.508 e. The largest absolute Gasteiger partial charge is 0.508 e. The van der Waals surface area contributed by atoms with Crippen LogP contribution in [0.4, 0.5) is 5.69 Å². The summed E-state index contributed by atoms with van der Waals surface area (Å²) in [6.45, 7) is 9.93. The van der Waals surface area contributed by atoms with Crippen LogP contribution >= 0.6 is 0 Å². The van der Waals surface area contributed by atoms with E-state index in [0.29, 0.717) is 23.9 Å². The number of nitrogens with one attached hydrogen (secondary N) is 1. The first-order chi connectivity index (χ1) is 13.3. The third kappa shape index (κ3) is 5.73. The summed E-state index contributed by atoms with van der Waals surface area (Å²) >= 11 is 0. The highest BCUT2D eigenvalue weighted by molar-refractivity contribution is 5.93. The van der Waals surface area contributed by atoms with Gasteiger partial charge in [0.1, 0.15) is 11.5 Å². The highest BCUT2D eigenvalue weighted by Crippen LogP contribution is 2.28. The van der Waals surface area contributed by atoms with Gasteiger partial charge in [0.15, 0.2) is 0 Å². The third-order valence-corrected chi connectivity index (χ3v) is 4.77. The summed E-state index contributed by atoms with van der Waals surface area (Å²) in [6, 6.07) is 11.3. The van der Waals surface area contributed by atoms with Gasteiger partial charge in [-0.1, -0.05) is 39.0 Å². The smallest absolute Gasteiger partial charge is 0.238 e. The topological polar surface area (TPSA) is 61.8 Å². The molecule has 0 saturated carbocycles. The Morgan fingerprint density at radius 2 is 1.96 bits per heavy atom. The number of phenolic OH excluding ortho intramolecular Hbond substituents is 1. The molecule has 152 valence electrons. The fourth-order valence-corrected chi connectivity index (χ4v) is 3.42. The molecule has 0 aliphatic carbocycles. The number of para-hydroxylation sites is 2. The van der Waals surface area contributed by atoms with Crippen molar-refractivity contribution in [1.29, 1.82) is 0 Å². The van der Waals surface area contributed by atoms with Crippen LogP contribution in [0.3, 0.4) is 0 Å². The zero-order valence-electron chi connectivity index (χ0n) is 17.6. The van der Waals surface area contributed by atoms with Gasteiger partial charge in [-0.25, -0.2) is 0 Å². The number of methoxy groups -OCH3 is 1. The van der Waals surface area contributed by atoms with E-state index in [1.165, 1.54) is 5.56 Å². The molecule has 2 aromatic rings. The van der Waals surface area contributed by atoms with Crippen molar-refractivity contribution in [3.63, 3.8) is 0 Å². The van der Waals surface area contributed by atoms with Gasteiger partial charge in [-0.3, -0.25) is 9.69 Å². The number of ether oxygens (including phenoxy) is 1. The van der Waals surface area contributed by atoms with Crippen molar-refractivity contribution < 1.29 is 14.6 Å². The molecule has 0 saturated heterocycles. The number of carbonyl (C=O) groups excluding carboxylic acids is 1. The SMILES string of the molecule is CCCN(CC(=O)Nc1ccccc1OC)Cc1cc(C(C)C)c(C)cc1O. The molecule has 2 aromatic carbocycles. The molecule has 0 bridgehead atoms. The molecule has 1 amide bonds. The van der Waals surface area contributed by atoms with Crippen molar-refractivity contribution in [1.82, 2.24) is 4.90 Å². The van der Waals surface area contributed by atoms with E-state index < -0.39 is 0 Å². The first-order valence-electron chi connectivity index (χ1n) is 9.83. The van der Waals surface area contributed by atoms with E-state index >= 15 is 0 Å². The van der Waals surface area contributed by atoms with E-state index in [1.807, 2.05) is 37.3 Å². The standard InChI is InChI=1S/C23H32N2O3/c1-6-11-25(14-18-13-19(16(2)3)17(4)12-21(18)26)15-23(27)24-20-9-7-8-10-22(20)28-5/h7-10,12-13,16,26H,6,11,14-15H2,1-5H3,(H,24,27). The number of phenols is 1. The molecule has 2 rings (SSSR count). The number of anilines is 1. The van der Waals surface area contributed by atoms with Crippen molar-refractivity contribution in [2.24, 2.45) is 0 Å². The second-order valence-electron chi connectivity index (χ2n) is 7.45. The van der Waals surface area contributed by atoms with Crippen molar-refractivity contribution in [2.75, 3.05) is 25.5 Å². The quantitative estimate of drug-likeness (QED) is 0.659. The first kappa shape index (κ1) is 21.8. The van der Waals surface area contributed by atoms with Crippen molar-refractivity contribution in [3.05, 3.63) is 53.1 Å². The van der Waals surface area contributed by atoms with Gasteiger partial charge in [0.05, 0.1) is 19.3 Å². The molecule has 0 aromatic heterocycles. The predicted octanol–water partition coefficient (Wildman–Crippen LogP) is 4.68. The third-order valence-electron chi connectivity index (χ3n) is 4.77. The lowest BCUT2D eigenvalue weighted by atomic mass is 9.95. The number of amides is 1. The summed E-state index contributed by atoms with van der Waals surface area (Å²) in [5, 5.41) is 13.3. The van der Waals surface area contributed by atoms with Crippen LogP contribution in [-0.2, 0) is 11.3 Å². The van der Waals surface area contributed by atoms with Gasteiger partial charge in [-0.2, -0.15) is 0 Å². The molecular weight excluding hydrogens is 352 g/mol. The number of hydrogen-bond acceptors (Lipinski definition) is 4. The van der Waals surface area contributed by atoms with Gasteiger partial charge in [-0.15, -0.1) is 0 Å². The Kier molecular flexibility index (Phi) is 7.88. The van der Waals surface area contributed by atoms with Crippen LogP contribution in [0.2, 0.25) is 0 Å². The van der Waals surface area contributed by atoms with Crippen molar-refractivity contribution in [3.8, 4) is 11.5 Å². The number of carbonyl (C=O) groups is 1. The molecule has 0 atom stereocenters. The average Bonchev–Trinajstić information content (AvgIpc) is 2.64. The minimum atomic E-state index is -0.103. The van der Waals surface area contributed by atoms with E-state index in [2.05, 4.69) is 37.1 Å². The summed E-state index contributed by atoms with van der Waals surface area (Å²) in [5.41, 5.74) is 3.83. The summed E-state index contributed by atoms with van der Waals surface area (Å²) in [4.78, 5) is 14.7. The van der Waals surface area contributed by atoms with Crippen LogP contribution in [-0.4, -0.2) is 36.1 Å². The van der Waals surface area contributed by atoms with Crippen LogP contribution in [0.1, 0.15) is 49.8 Å². The van der Waals surface area contributed by atoms with Crippen molar-refractivity contribution in [2.45, 2.75) is 46.6 Å². The molecule has 0 aliphatic rings. The second-order valence-corrected chi connectivity index (χ2v) is 7.45. The number of aryl methyl sites for hydroxylation is 1. The lowest BCUT2D eigenvalue weighted by molar-refractivity contribution is -0.117. The number of rotatable bonds is 9. The summed E-state index contributed by atoms with van der Waals surface area (Å²) in [6.07, 6.45) is 0.922. The predicted molar refractivity (Wildman–Crippen MR) is 114 cm³/mol. The maximum absolute atomic E-state index is 12.6. The molecule has 0 fully saturated rings. The minimum absolute atomic E-state index is 0.103. The number of nitrogens with zero attached hydrogens (tertiary/aromatic N) is 1. The molecular formula is C23H32N2O3. The molecule has 0 unspecified atom stereocenters. The fourth-order valence-electron chi connectivity index (χ4n) is 3.42. The Morgan fingerprint density at radius 1 is 1.25 bits per heavy atom. The van der Waals surface area contributed by atoms with E-state index in [1.54, 1.807) is 7.11 Å². The maximum Gasteiger partial charge on any atom is 0.238 e. The monoisotopic (exact) mass is 384 g/mol. The number of benzene rings is 2. The Balaban J connectivity index is 2.13. The van der Waals surface area contributed by atoms with E-state index in [9.17, 15) is 9.90 Å². The number of hydrogen-bond donors (Lipinski definition) is 2. The fraction of sp³-hybridized carbons (Fsp3) is 0.435. The van der Waals surface area contributed by atoms with E-state index in [0.717, 1.165) is 24.1 Å². The molecule has 0 aliphatic heterocycles. The summed E-state index contributed by atoms with van der Waals surface area (Å²) < 4.78 is 5.30. The Morgan fingerprint density at radius 3 is 2.61 bits per heavy atom. The van der Waals surface area contributed by atoms with Gasteiger partial charge < -0.3 is 15.2 Å². The van der Waals surface area contributed by atoms with Gasteiger partial charge >= 0.3 is 0 Å². The van der Waals surface area contributed by atoms with Crippen LogP contribution in [0.15, 0.2) is 36.4 Å². The molecule has 28 heavy (non-hydrogen) atoms.